The van der Waals surface area contributed by atoms with E-state index >= 15 is 0 Å². The molecule has 0 saturated carbocycles. The van der Waals surface area contributed by atoms with E-state index in [1.807, 2.05) is 31.2 Å². The Morgan fingerprint density at radius 3 is 2.79 bits per heavy atom. The highest BCUT2D eigenvalue weighted by molar-refractivity contribution is 6.30. The number of halogens is 1. The van der Waals surface area contributed by atoms with Crippen molar-refractivity contribution in [2.75, 3.05) is 6.54 Å². The predicted molar refractivity (Wildman–Crippen MR) is 75.3 cm³/mol. The fourth-order valence-corrected chi connectivity index (χ4v) is 2.65. The molecule has 0 radical (unpaired) electrons. The monoisotopic (exact) mass is 276 g/mol. The fourth-order valence-electron chi connectivity index (χ4n) is 2.53. The first-order chi connectivity index (χ1) is 9.24. The van der Waals surface area contributed by atoms with Gasteiger partial charge in [-0.2, -0.15) is 0 Å². The summed E-state index contributed by atoms with van der Waals surface area (Å²) in [5.41, 5.74) is 1.21. The molecule has 1 atom stereocenters. The van der Waals surface area contributed by atoms with Crippen LogP contribution in [0.15, 0.2) is 24.3 Å². The molecule has 1 N–H and O–H groups in total. The van der Waals surface area contributed by atoms with Crippen LogP contribution in [-0.4, -0.2) is 21.3 Å². The van der Waals surface area contributed by atoms with E-state index in [9.17, 15) is 0 Å². The summed E-state index contributed by atoms with van der Waals surface area (Å²) in [6.07, 6.45) is 2.34. The lowest BCUT2D eigenvalue weighted by molar-refractivity contribution is 0.560. The maximum atomic E-state index is 5.92. The maximum absolute atomic E-state index is 5.92. The highest BCUT2D eigenvalue weighted by atomic mass is 35.5. The van der Waals surface area contributed by atoms with Crippen LogP contribution < -0.4 is 5.32 Å². The Hall–Kier alpha value is -1.39. The number of nitrogens with zero attached hydrogens (tertiary/aromatic N) is 3. The van der Waals surface area contributed by atoms with E-state index in [4.69, 9.17) is 11.6 Å². The van der Waals surface area contributed by atoms with E-state index in [1.165, 1.54) is 12.0 Å². The first-order valence-electron chi connectivity index (χ1n) is 6.61. The third kappa shape index (κ3) is 2.65. The quantitative estimate of drug-likeness (QED) is 0.937. The molecule has 2 heterocycles. The molecule has 1 aromatic heterocycles. The molecule has 1 aliphatic rings. The van der Waals surface area contributed by atoms with Crippen LogP contribution in [0.2, 0.25) is 5.02 Å². The standard InChI is InChI=1S/C14H17ClN4/c1-10-17-18-14(13-3-2-8-16-13)19(10)9-11-4-6-12(15)7-5-11/h4-7,13,16H,2-3,8-9H2,1H3/t13-/m0/s1. The lowest BCUT2D eigenvalue weighted by Gasteiger charge is -2.13. The minimum absolute atomic E-state index is 0.341. The third-order valence-corrected chi connectivity index (χ3v) is 3.84. The SMILES string of the molecule is Cc1nnc([C@@H]2CCCN2)n1Cc1ccc(Cl)cc1. The van der Waals surface area contributed by atoms with Crippen molar-refractivity contribution in [3.63, 3.8) is 0 Å². The van der Waals surface area contributed by atoms with Crippen molar-refractivity contribution < 1.29 is 0 Å². The molecule has 1 fully saturated rings. The van der Waals surface area contributed by atoms with Crippen LogP contribution in [0.25, 0.3) is 0 Å². The average Bonchev–Trinajstić information content (AvgIpc) is 3.03. The molecular weight excluding hydrogens is 260 g/mol. The van der Waals surface area contributed by atoms with E-state index < -0.39 is 0 Å². The van der Waals surface area contributed by atoms with Crippen LogP contribution in [0, 0.1) is 6.92 Å². The summed E-state index contributed by atoms with van der Waals surface area (Å²) in [7, 11) is 0. The summed E-state index contributed by atoms with van der Waals surface area (Å²) in [4.78, 5) is 0. The summed E-state index contributed by atoms with van der Waals surface area (Å²) in [5, 5.41) is 12.8. The summed E-state index contributed by atoms with van der Waals surface area (Å²) in [6.45, 7) is 3.86. The van der Waals surface area contributed by atoms with Crippen molar-refractivity contribution in [3.8, 4) is 0 Å². The highest BCUT2D eigenvalue weighted by Crippen LogP contribution is 2.23. The lowest BCUT2D eigenvalue weighted by Crippen LogP contribution is -2.19. The molecule has 0 amide bonds. The van der Waals surface area contributed by atoms with Crippen molar-refractivity contribution in [2.45, 2.75) is 32.4 Å². The van der Waals surface area contributed by atoms with Crippen molar-refractivity contribution in [1.29, 1.82) is 0 Å². The number of nitrogens with one attached hydrogen (secondary N) is 1. The fraction of sp³-hybridized carbons (Fsp3) is 0.429. The molecule has 1 saturated heterocycles. The summed E-state index contributed by atoms with van der Waals surface area (Å²) in [6, 6.07) is 8.28. The Balaban J connectivity index is 1.87. The van der Waals surface area contributed by atoms with Gasteiger partial charge in [-0.05, 0) is 44.0 Å². The van der Waals surface area contributed by atoms with Crippen molar-refractivity contribution in [1.82, 2.24) is 20.1 Å². The highest BCUT2D eigenvalue weighted by Gasteiger charge is 2.22. The number of hydrogen-bond acceptors (Lipinski definition) is 3. The minimum atomic E-state index is 0.341. The Bertz CT molecular complexity index is 555. The van der Waals surface area contributed by atoms with Gasteiger partial charge in [-0.15, -0.1) is 10.2 Å². The van der Waals surface area contributed by atoms with Crippen molar-refractivity contribution in [3.05, 3.63) is 46.5 Å². The second-order valence-electron chi connectivity index (χ2n) is 4.97. The van der Waals surface area contributed by atoms with Gasteiger partial charge < -0.3 is 9.88 Å². The van der Waals surface area contributed by atoms with E-state index in [1.54, 1.807) is 0 Å². The van der Waals surface area contributed by atoms with Gasteiger partial charge in [0, 0.05) is 5.02 Å². The second kappa shape index (κ2) is 5.31. The summed E-state index contributed by atoms with van der Waals surface area (Å²) in [5.74, 6) is 2.00. The molecular formula is C14H17ClN4. The van der Waals surface area contributed by atoms with E-state index in [-0.39, 0.29) is 0 Å². The Morgan fingerprint density at radius 1 is 1.32 bits per heavy atom. The number of rotatable bonds is 3. The third-order valence-electron chi connectivity index (χ3n) is 3.59. The van der Waals surface area contributed by atoms with Gasteiger partial charge in [-0.1, -0.05) is 23.7 Å². The zero-order valence-electron chi connectivity index (χ0n) is 10.9. The first-order valence-corrected chi connectivity index (χ1v) is 6.99. The number of hydrogen-bond donors (Lipinski definition) is 1. The molecule has 100 valence electrons. The molecule has 0 aliphatic carbocycles. The molecule has 1 aliphatic heterocycles. The van der Waals surface area contributed by atoms with Crippen LogP contribution in [0.1, 0.15) is 36.1 Å². The number of aryl methyl sites for hydroxylation is 1. The average molecular weight is 277 g/mol. The van der Waals surface area contributed by atoms with Crippen LogP contribution >= 0.6 is 11.6 Å². The van der Waals surface area contributed by atoms with Gasteiger partial charge in [0.1, 0.15) is 5.82 Å². The van der Waals surface area contributed by atoms with Gasteiger partial charge in [0.05, 0.1) is 12.6 Å². The van der Waals surface area contributed by atoms with Crippen LogP contribution in [0.5, 0.6) is 0 Å². The first kappa shape index (κ1) is 12.6. The molecule has 2 aromatic rings. The zero-order chi connectivity index (χ0) is 13.2. The molecule has 19 heavy (non-hydrogen) atoms. The largest absolute Gasteiger partial charge is 0.309 e. The summed E-state index contributed by atoms with van der Waals surface area (Å²) < 4.78 is 2.19. The van der Waals surface area contributed by atoms with Gasteiger partial charge in [0.15, 0.2) is 5.82 Å². The summed E-state index contributed by atoms with van der Waals surface area (Å²) >= 11 is 5.92. The molecule has 0 unspecified atom stereocenters. The number of aromatic nitrogens is 3. The van der Waals surface area contributed by atoms with E-state index in [0.717, 1.165) is 36.2 Å². The van der Waals surface area contributed by atoms with Crippen LogP contribution in [0.3, 0.4) is 0 Å². The van der Waals surface area contributed by atoms with Gasteiger partial charge >= 0.3 is 0 Å². The van der Waals surface area contributed by atoms with E-state index in [0.29, 0.717) is 6.04 Å². The molecule has 0 spiro atoms. The molecule has 4 nitrogen and oxygen atoms in total. The Labute approximate surface area is 117 Å². The lowest BCUT2D eigenvalue weighted by atomic mass is 10.2. The molecule has 3 rings (SSSR count). The Kier molecular flexibility index (Phi) is 3.53. The van der Waals surface area contributed by atoms with Crippen molar-refractivity contribution >= 4 is 11.6 Å². The minimum Gasteiger partial charge on any atom is -0.309 e. The van der Waals surface area contributed by atoms with Gasteiger partial charge in [-0.25, -0.2) is 0 Å². The topological polar surface area (TPSA) is 42.7 Å². The smallest absolute Gasteiger partial charge is 0.150 e. The van der Waals surface area contributed by atoms with Crippen LogP contribution in [-0.2, 0) is 6.54 Å². The molecule has 1 aromatic carbocycles. The van der Waals surface area contributed by atoms with Crippen LogP contribution in [0.4, 0.5) is 0 Å². The second-order valence-corrected chi connectivity index (χ2v) is 5.40. The Morgan fingerprint density at radius 2 is 2.11 bits per heavy atom. The predicted octanol–water partition coefficient (Wildman–Crippen LogP) is 2.71. The molecule has 0 bridgehead atoms. The number of benzene rings is 1. The zero-order valence-corrected chi connectivity index (χ0v) is 11.7. The molecule has 5 heteroatoms. The van der Waals surface area contributed by atoms with Gasteiger partial charge in [-0.3, -0.25) is 0 Å². The maximum Gasteiger partial charge on any atom is 0.150 e. The van der Waals surface area contributed by atoms with Gasteiger partial charge in [0.25, 0.3) is 0 Å². The normalized spacial score (nSPS) is 18.9. The van der Waals surface area contributed by atoms with Gasteiger partial charge in [0.2, 0.25) is 0 Å². The van der Waals surface area contributed by atoms with Crippen molar-refractivity contribution in [2.24, 2.45) is 0 Å². The van der Waals surface area contributed by atoms with E-state index in [2.05, 4.69) is 20.1 Å².